The van der Waals surface area contributed by atoms with E-state index in [1.807, 2.05) is 44.2 Å². The van der Waals surface area contributed by atoms with Crippen molar-refractivity contribution < 1.29 is 8.42 Å². The molecule has 1 aromatic carbocycles. The first kappa shape index (κ1) is 14.5. The fraction of sp³-hybridized carbons (Fsp3) is 0.571. The van der Waals surface area contributed by atoms with E-state index in [1.165, 1.54) is 0 Å². The Morgan fingerprint density at radius 1 is 1.26 bits per heavy atom. The van der Waals surface area contributed by atoms with Crippen LogP contribution in [-0.2, 0) is 16.4 Å². The molecule has 1 aliphatic rings. The van der Waals surface area contributed by atoms with Crippen LogP contribution in [0.5, 0.6) is 0 Å². The van der Waals surface area contributed by atoms with Crippen molar-refractivity contribution in [1.29, 1.82) is 0 Å². The molecular weight excluding hydrogens is 260 g/mol. The standard InChI is InChI=1S/C14H22N2O2S/c1-12-13(2)16(10-9-15-12)19(17,18)11-8-14-6-4-3-5-7-14/h3-7,12-13,15H,8-11H2,1-2H3. The lowest BCUT2D eigenvalue weighted by Crippen LogP contribution is -2.57. The summed E-state index contributed by atoms with van der Waals surface area (Å²) in [7, 11) is -3.17. The number of nitrogens with zero attached hydrogens (tertiary/aromatic N) is 1. The van der Waals surface area contributed by atoms with Crippen LogP contribution in [0.2, 0.25) is 0 Å². The molecule has 0 bridgehead atoms. The molecule has 5 heteroatoms. The van der Waals surface area contributed by atoms with Gasteiger partial charge < -0.3 is 5.32 Å². The van der Waals surface area contributed by atoms with Crippen LogP contribution in [0.3, 0.4) is 0 Å². The van der Waals surface area contributed by atoms with Gasteiger partial charge in [-0.1, -0.05) is 30.3 Å². The van der Waals surface area contributed by atoms with Crippen LogP contribution >= 0.6 is 0 Å². The second-order valence-electron chi connectivity index (χ2n) is 5.15. The zero-order valence-corrected chi connectivity index (χ0v) is 12.4. The smallest absolute Gasteiger partial charge is 0.214 e. The van der Waals surface area contributed by atoms with Gasteiger partial charge in [0.15, 0.2) is 0 Å². The Kier molecular flexibility index (Phi) is 4.60. The van der Waals surface area contributed by atoms with Gasteiger partial charge in [0.05, 0.1) is 5.75 Å². The first-order valence-corrected chi connectivity index (χ1v) is 8.38. The van der Waals surface area contributed by atoms with E-state index < -0.39 is 10.0 Å². The molecule has 19 heavy (non-hydrogen) atoms. The Balaban J connectivity index is 2.02. The Bertz CT molecular complexity index is 501. The zero-order valence-electron chi connectivity index (χ0n) is 11.5. The summed E-state index contributed by atoms with van der Waals surface area (Å²) in [5.41, 5.74) is 1.07. The average molecular weight is 282 g/mol. The molecule has 2 atom stereocenters. The molecule has 1 aliphatic heterocycles. The molecule has 0 amide bonds. The number of rotatable bonds is 4. The third-order valence-electron chi connectivity index (χ3n) is 3.83. The quantitative estimate of drug-likeness (QED) is 0.904. The van der Waals surface area contributed by atoms with Crippen LogP contribution in [0.1, 0.15) is 19.4 Å². The van der Waals surface area contributed by atoms with E-state index in [2.05, 4.69) is 5.32 Å². The second kappa shape index (κ2) is 6.03. The van der Waals surface area contributed by atoms with Crippen molar-refractivity contribution in [3.8, 4) is 0 Å². The molecule has 0 aromatic heterocycles. The predicted molar refractivity (Wildman–Crippen MR) is 77.6 cm³/mol. The molecule has 0 aliphatic carbocycles. The first-order chi connectivity index (χ1) is 9.00. The monoisotopic (exact) mass is 282 g/mol. The third-order valence-corrected chi connectivity index (χ3v) is 5.77. The Labute approximate surface area is 115 Å². The van der Waals surface area contributed by atoms with Crippen LogP contribution in [0.25, 0.3) is 0 Å². The van der Waals surface area contributed by atoms with Crippen LogP contribution in [-0.4, -0.2) is 43.6 Å². The van der Waals surface area contributed by atoms with E-state index in [4.69, 9.17) is 0 Å². The van der Waals surface area contributed by atoms with Crippen LogP contribution in [0.4, 0.5) is 0 Å². The maximum Gasteiger partial charge on any atom is 0.214 e. The Morgan fingerprint density at radius 2 is 1.95 bits per heavy atom. The van der Waals surface area contributed by atoms with Gasteiger partial charge >= 0.3 is 0 Å². The van der Waals surface area contributed by atoms with Gasteiger partial charge in [-0.15, -0.1) is 0 Å². The van der Waals surface area contributed by atoms with Crippen LogP contribution < -0.4 is 5.32 Å². The molecule has 1 saturated heterocycles. The molecule has 1 fully saturated rings. The number of sulfonamides is 1. The Hall–Kier alpha value is -0.910. The molecule has 2 unspecified atom stereocenters. The fourth-order valence-corrected chi connectivity index (χ4v) is 4.21. The van der Waals surface area contributed by atoms with Gasteiger partial charge in [0.25, 0.3) is 0 Å². The lowest BCUT2D eigenvalue weighted by molar-refractivity contribution is 0.233. The molecule has 1 heterocycles. The van der Waals surface area contributed by atoms with Gasteiger partial charge in [0.2, 0.25) is 10.0 Å². The summed E-state index contributed by atoms with van der Waals surface area (Å²) >= 11 is 0. The summed E-state index contributed by atoms with van der Waals surface area (Å²) in [6.45, 7) is 5.30. The molecule has 0 spiro atoms. The highest BCUT2D eigenvalue weighted by Gasteiger charge is 2.32. The maximum atomic E-state index is 12.4. The Morgan fingerprint density at radius 3 is 2.63 bits per heavy atom. The van der Waals surface area contributed by atoms with Crippen LogP contribution in [0, 0.1) is 0 Å². The number of piperazine rings is 1. The fourth-order valence-electron chi connectivity index (χ4n) is 2.43. The molecule has 0 saturated carbocycles. The molecule has 4 nitrogen and oxygen atoms in total. The number of benzene rings is 1. The molecule has 2 rings (SSSR count). The highest BCUT2D eigenvalue weighted by Crippen LogP contribution is 2.15. The van der Waals surface area contributed by atoms with Gasteiger partial charge in [-0.2, -0.15) is 4.31 Å². The molecule has 0 radical (unpaired) electrons. The molecule has 1 aromatic rings. The molecule has 1 N–H and O–H groups in total. The summed E-state index contributed by atoms with van der Waals surface area (Å²) in [5.74, 6) is 0.189. The highest BCUT2D eigenvalue weighted by atomic mass is 32.2. The largest absolute Gasteiger partial charge is 0.311 e. The van der Waals surface area contributed by atoms with E-state index in [0.717, 1.165) is 12.1 Å². The van der Waals surface area contributed by atoms with E-state index in [1.54, 1.807) is 4.31 Å². The van der Waals surface area contributed by atoms with E-state index in [0.29, 0.717) is 13.0 Å². The topological polar surface area (TPSA) is 49.4 Å². The SMILES string of the molecule is CC1NCCN(S(=O)(=O)CCc2ccccc2)C1C. The summed E-state index contributed by atoms with van der Waals surface area (Å²) in [6, 6.07) is 10.0. The highest BCUT2D eigenvalue weighted by molar-refractivity contribution is 7.89. The van der Waals surface area contributed by atoms with E-state index >= 15 is 0 Å². The normalized spacial score (nSPS) is 25.4. The second-order valence-corrected chi connectivity index (χ2v) is 7.19. The number of hydrogen-bond donors (Lipinski definition) is 1. The predicted octanol–water partition coefficient (Wildman–Crippen LogP) is 1.24. The van der Waals surface area contributed by atoms with Crippen LogP contribution in [0.15, 0.2) is 30.3 Å². The zero-order chi connectivity index (χ0) is 13.9. The molecule has 106 valence electrons. The van der Waals surface area contributed by atoms with Gasteiger partial charge in [-0.25, -0.2) is 8.42 Å². The van der Waals surface area contributed by atoms with Crippen molar-refractivity contribution in [3.63, 3.8) is 0 Å². The summed E-state index contributed by atoms with van der Waals surface area (Å²) in [6.07, 6.45) is 0.578. The first-order valence-electron chi connectivity index (χ1n) is 6.77. The van der Waals surface area contributed by atoms with Gasteiger partial charge in [-0.05, 0) is 25.8 Å². The van der Waals surface area contributed by atoms with Crippen molar-refractivity contribution in [1.82, 2.24) is 9.62 Å². The number of aryl methyl sites for hydroxylation is 1. The number of hydrogen-bond acceptors (Lipinski definition) is 3. The lowest BCUT2D eigenvalue weighted by Gasteiger charge is -2.37. The van der Waals surface area contributed by atoms with Crippen molar-refractivity contribution >= 4 is 10.0 Å². The van der Waals surface area contributed by atoms with Gasteiger partial charge in [-0.3, -0.25) is 0 Å². The van der Waals surface area contributed by atoms with Gasteiger partial charge in [0, 0.05) is 25.2 Å². The van der Waals surface area contributed by atoms with Crippen molar-refractivity contribution in [2.45, 2.75) is 32.4 Å². The summed E-state index contributed by atoms with van der Waals surface area (Å²) in [5, 5.41) is 3.30. The number of nitrogens with one attached hydrogen (secondary N) is 1. The van der Waals surface area contributed by atoms with Crippen molar-refractivity contribution in [2.75, 3.05) is 18.8 Å². The van der Waals surface area contributed by atoms with Crippen molar-refractivity contribution in [3.05, 3.63) is 35.9 Å². The lowest BCUT2D eigenvalue weighted by atomic mass is 10.1. The average Bonchev–Trinajstić information content (AvgIpc) is 2.41. The van der Waals surface area contributed by atoms with Crippen molar-refractivity contribution in [2.24, 2.45) is 0 Å². The minimum absolute atomic E-state index is 0.0227. The summed E-state index contributed by atoms with van der Waals surface area (Å²) in [4.78, 5) is 0. The van der Waals surface area contributed by atoms with E-state index in [9.17, 15) is 8.42 Å². The minimum atomic E-state index is -3.17. The summed E-state index contributed by atoms with van der Waals surface area (Å²) < 4.78 is 26.5. The van der Waals surface area contributed by atoms with Gasteiger partial charge in [0.1, 0.15) is 0 Å². The maximum absolute atomic E-state index is 12.4. The third kappa shape index (κ3) is 3.55. The minimum Gasteiger partial charge on any atom is -0.311 e. The van der Waals surface area contributed by atoms with E-state index in [-0.39, 0.29) is 17.8 Å². The molecular formula is C14H22N2O2S.